The van der Waals surface area contributed by atoms with Gasteiger partial charge in [0.05, 0.1) is 31.8 Å². The summed E-state index contributed by atoms with van der Waals surface area (Å²) in [5.74, 6) is 0.376. The maximum Gasteiger partial charge on any atom is 0.263 e. The molecule has 0 saturated heterocycles. The number of hydrogen-bond donors (Lipinski definition) is 2. The SMILES string of the molecule is COc1ccccc1Oc1c(NS(=O)(=O)c2ccc(C(C)(C)C)cc2)nc(-c2ncccn2)nc1OCCOCCO. The van der Waals surface area contributed by atoms with Crippen molar-refractivity contribution in [1.82, 2.24) is 19.9 Å². The van der Waals surface area contributed by atoms with E-state index in [-0.39, 0.29) is 71.6 Å². The fourth-order valence-corrected chi connectivity index (χ4v) is 4.71. The Labute approximate surface area is 244 Å². The summed E-state index contributed by atoms with van der Waals surface area (Å²) in [4.78, 5) is 17.3. The van der Waals surface area contributed by atoms with Crippen LogP contribution in [0.3, 0.4) is 0 Å². The van der Waals surface area contributed by atoms with Crippen molar-refractivity contribution in [1.29, 1.82) is 0 Å². The van der Waals surface area contributed by atoms with Crippen molar-refractivity contribution in [2.45, 2.75) is 31.1 Å². The highest BCUT2D eigenvalue weighted by Gasteiger charge is 2.26. The highest BCUT2D eigenvalue weighted by Crippen LogP contribution is 2.41. The minimum Gasteiger partial charge on any atom is -0.493 e. The van der Waals surface area contributed by atoms with E-state index in [1.54, 1.807) is 42.5 Å². The van der Waals surface area contributed by atoms with Crippen LogP contribution in [0, 0.1) is 0 Å². The van der Waals surface area contributed by atoms with Crippen LogP contribution in [-0.4, -0.2) is 67.0 Å². The second-order valence-electron chi connectivity index (χ2n) is 9.92. The van der Waals surface area contributed by atoms with Gasteiger partial charge in [-0.3, -0.25) is 4.72 Å². The number of hydrogen-bond acceptors (Lipinski definition) is 11. The number of para-hydroxylation sites is 2. The Hall–Kier alpha value is -4.33. The number of aliphatic hydroxyl groups is 1. The molecular formula is C29H33N5O7S. The first-order valence-corrected chi connectivity index (χ1v) is 14.6. The van der Waals surface area contributed by atoms with Gasteiger partial charge in [-0.15, -0.1) is 0 Å². The number of methoxy groups -OCH3 is 1. The van der Waals surface area contributed by atoms with Gasteiger partial charge in [0.25, 0.3) is 15.9 Å². The molecule has 0 spiro atoms. The Morgan fingerprint density at radius 1 is 0.857 bits per heavy atom. The quantitative estimate of drug-likeness (QED) is 0.213. The second-order valence-corrected chi connectivity index (χ2v) is 11.6. The van der Waals surface area contributed by atoms with Gasteiger partial charge in [-0.25, -0.2) is 23.4 Å². The van der Waals surface area contributed by atoms with Crippen LogP contribution >= 0.6 is 0 Å². The summed E-state index contributed by atoms with van der Waals surface area (Å²) in [5, 5.41) is 9.00. The molecule has 0 radical (unpaired) electrons. The number of nitrogens with zero attached hydrogens (tertiary/aromatic N) is 4. The summed E-state index contributed by atoms with van der Waals surface area (Å²) in [7, 11) is -2.67. The molecule has 13 heteroatoms. The Morgan fingerprint density at radius 2 is 1.55 bits per heavy atom. The normalized spacial score (nSPS) is 11.6. The van der Waals surface area contributed by atoms with Gasteiger partial charge in [0.1, 0.15) is 6.61 Å². The molecule has 0 unspecified atom stereocenters. The molecule has 2 N–H and O–H groups in total. The molecule has 4 aromatic rings. The van der Waals surface area contributed by atoms with E-state index < -0.39 is 10.0 Å². The highest BCUT2D eigenvalue weighted by molar-refractivity contribution is 7.92. The number of rotatable bonds is 13. The molecule has 0 aliphatic rings. The van der Waals surface area contributed by atoms with Crippen molar-refractivity contribution in [3.05, 3.63) is 72.6 Å². The van der Waals surface area contributed by atoms with Crippen molar-refractivity contribution < 1.29 is 32.5 Å². The summed E-state index contributed by atoms with van der Waals surface area (Å²) < 4.78 is 52.5. The summed E-state index contributed by atoms with van der Waals surface area (Å²) in [6.45, 7) is 6.24. The molecule has 2 aromatic carbocycles. The maximum atomic E-state index is 13.6. The molecular weight excluding hydrogens is 562 g/mol. The topological polar surface area (TPSA) is 155 Å². The summed E-state index contributed by atoms with van der Waals surface area (Å²) in [5.41, 5.74) is 0.821. The van der Waals surface area contributed by atoms with Crippen LogP contribution in [0.5, 0.6) is 23.1 Å². The second kappa shape index (κ2) is 13.6. The van der Waals surface area contributed by atoms with Gasteiger partial charge in [-0.2, -0.15) is 4.98 Å². The molecule has 0 aliphatic carbocycles. The Morgan fingerprint density at radius 3 is 2.19 bits per heavy atom. The van der Waals surface area contributed by atoms with E-state index in [1.165, 1.54) is 31.6 Å². The van der Waals surface area contributed by atoms with Crippen LogP contribution in [0.1, 0.15) is 26.3 Å². The van der Waals surface area contributed by atoms with Crippen molar-refractivity contribution in [3.63, 3.8) is 0 Å². The van der Waals surface area contributed by atoms with Crippen molar-refractivity contribution in [3.8, 4) is 34.8 Å². The van der Waals surface area contributed by atoms with Crippen LogP contribution in [0.4, 0.5) is 5.82 Å². The van der Waals surface area contributed by atoms with E-state index in [0.717, 1.165) is 5.56 Å². The minimum absolute atomic E-state index is 0.00460. The van der Waals surface area contributed by atoms with Crippen molar-refractivity contribution in [2.75, 3.05) is 38.3 Å². The standard InChI is InChI=1S/C29H33N5O7S/c1-29(2,3)20-10-12-21(13-11-20)42(36,37)34-25-24(41-23-9-6-5-8-22(23)38-4)28(40-19-18-39-17-16-35)33-27(32-25)26-30-14-7-15-31-26/h5-15,35H,16-19H2,1-4H3,(H,32,33,34). The molecule has 0 atom stereocenters. The summed E-state index contributed by atoms with van der Waals surface area (Å²) in [6.07, 6.45) is 3.02. The van der Waals surface area contributed by atoms with Gasteiger partial charge in [0, 0.05) is 12.4 Å². The van der Waals surface area contributed by atoms with Crippen LogP contribution < -0.4 is 18.9 Å². The largest absolute Gasteiger partial charge is 0.493 e. The van der Waals surface area contributed by atoms with Crippen LogP contribution in [0.15, 0.2) is 71.9 Å². The number of nitrogens with one attached hydrogen (secondary N) is 1. The molecule has 12 nitrogen and oxygen atoms in total. The van der Waals surface area contributed by atoms with E-state index in [1.807, 2.05) is 20.8 Å². The zero-order chi connectivity index (χ0) is 30.2. The fourth-order valence-electron chi connectivity index (χ4n) is 3.70. The summed E-state index contributed by atoms with van der Waals surface area (Å²) >= 11 is 0. The molecule has 222 valence electrons. The zero-order valence-corrected chi connectivity index (χ0v) is 24.6. The first kappa shape index (κ1) is 30.6. The molecule has 0 aliphatic heterocycles. The van der Waals surface area contributed by atoms with E-state index >= 15 is 0 Å². The van der Waals surface area contributed by atoms with E-state index in [9.17, 15) is 8.42 Å². The Balaban J connectivity index is 1.82. The van der Waals surface area contributed by atoms with Gasteiger partial charge < -0.3 is 24.1 Å². The first-order chi connectivity index (χ1) is 20.1. The fraction of sp³-hybridized carbons (Fsp3) is 0.310. The smallest absolute Gasteiger partial charge is 0.263 e. The Bertz CT molecular complexity index is 1580. The number of benzene rings is 2. The number of sulfonamides is 1. The van der Waals surface area contributed by atoms with E-state index in [4.69, 9.17) is 24.1 Å². The lowest BCUT2D eigenvalue weighted by molar-refractivity contribution is 0.0689. The molecule has 2 heterocycles. The lowest BCUT2D eigenvalue weighted by Gasteiger charge is -2.20. The molecule has 0 bridgehead atoms. The van der Waals surface area contributed by atoms with Gasteiger partial charge in [0.2, 0.25) is 11.6 Å². The van der Waals surface area contributed by atoms with Crippen LogP contribution in [-0.2, 0) is 20.2 Å². The third kappa shape index (κ3) is 7.69. The average Bonchev–Trinajstić information content (AvgIpc) is 2.98. The van der Waals surface area contributed by atoms with Crippen LogP contribution in [0.2, 0.25) is 0 Å². The van der Waals surface area contributed by atoms with E-state index in [0.29, 0.717) is 5.75 Å². The Kier molecular flexibility index (Phi) is 9.88. The van der Waals surface area contributed by atoms with Gasteiger partial charge in [-0.05, 0) is 41.3 Å². The third-order valence-electron chi connectivity index (χ3n) is 5.85. The molecule has 2 aromatic heterocycles. The maximum absolute atomic E-state index is 13.6. The first-order valence-electron chi connectivity index (χ1n) is 13.1. The molecule has 0 amide bonds. The molecule has 42 heavy (non-hydrogen) atoms. The van der Waals surface area contributed by atoms with Crippen LogP contribution in [0.25, 0.3) is 11.6 Å². The van der Waals surface area contributed by atoms with Gasteiger partial charge in [-0.1, -0.05) is 45.0 Å². The molecule has 4 rings (SSSR count). The van der Waals surface area contributed by atoms with Crippen molar-refractivity contribution >= 4 is 15.8 Å². The number of aromatic nitrogens is 4. The average molecular weight is 596 g/mol. The summed E-state index contributed by atoms with van der Waals surface area (Å²) in [6, 6.07) is 15.0. The predicted octanol–water partition coefficient (Wildman–Crippen LogP) is 4.22. The predicted molar refractivity (Wildman–Crippen MR) is 155 cm³/mol. The lowest BCUT2D eigenvalue weighted by Crippen LogP contribution is -2.17. The lowest BCUT2D eigenvalue weighted by atomic mass is 9.87. The van der Waals surface area contributed by atoms with Crippen molar-refractivity contribution in [2.24, 2.45) is 0 Å². The minimum atomic E-state index is -4.15. The van der Waals surface area contributed by atoms with Gasteiger partial charge >= 0.3 is 0 Å². The monoisotopic (exact) mass is 595 g/mol. The molecule has 0 saturated carbocycles. The van der Waals surface area contributed by atoms with E-state index in [2.05, 4.69) is 24.7 Å². The number of ether oxygens (including phenoxy) is 4. The number of anilines is 1. The van der Waals surface area contributed by atoms with Gasteiger partial charge in [0.15, 0.2) is 23.1 Å². The third-order valence-corrected chi connectivity index (χ3v) is 7.20. The zero-order valence-electron chi connectivity index (χ0n) is 23.8. The molecule has 0 fully saturated rings. The number of aliphatic hydroxyl groups excluding tert-OH is 1. The highest BCUT2D eigenvalue weighted by atomic mass is 32.2.